The lowest BCUT2D eigenvalue weighted by Gasteiger charge is -2.35. The molecule has 1 aromatic heterocycles. The van der Waals surface area contributed by atoms with Crippen molar-refractivity contribution in [3.63, 3.8) is 0 Å². The van der Waals surface area contributed by atoms with Gasteiger partial charge in [0.1, 0.15) is 0 Å². The van der Waals surface area contributed by atoms with E-state index in [2.05, 4.69) is 58.1 Å². The molecule has 0 bridgehead atoms. The third-order valence-corrected chi connectivity index (χ3v) is 5.05. The molecule has 136 valence electrons. The molecule has 2 N–H and O–H groups in total. The summed E-state index contributed by atoms with van der Waals surface area (Å²) in [7, 11) is 1.83. The molecule has 1 aliphatic rings. The van der Waals surface area contributed by atoms with Crippen LogP contribution in [0.25, 0.3) is 0 Å². The van der Waals surface area contributed by atoms with Crippen LogP contribution in [0, 0.1) is 0 Å². The summed E-state index contributed by atoms with van der Waals surface area (Å²) >= 11 is 1.75. The lowest BCUT2D eigenvalue weighted by atomic mass is 10.1. The first kappa shape index (κ1) is 19.2. The minimum Gasteiger partial charge on any atom is -0.373 e. The maximum Gasteiger partial charge on any atom is 0.190 e. The van der Waals surface area contributed by atoms with Gasteiger partial charge in [-0.25, -0.2) is 0 Å². The Morgan fingerprint density at radius 3 is 2.75 bits per heavy atom. The molecule has 5 nitrogen and oxygen atoms in total. The summed E-state index contributed by atoms with van der Waals surface area (Å²) in [5, 5.41) is 11.2. The summed E-state index contributed by atoms with van der Waals surface area (Å²) in [6.45, 7) is 11.6. The number of hydrogen-bond donors (Lipinski definition) is 2. The summed E-state index contributed by atoms with van der Waals surface area (Å²) in [6, 6.07) is 2.19. The van der Waals surface area contributed by atoms with Gasteiger partial charge in [0.05, 0.1) is 12.2 Å². The van der Waals surface area contributed by atoms with Crippen LogP contribution in [-0.4, -0.2) is 62.8 Å². The van der Waals surface area contributed by atoms with E-state index in [1.54, 1.807) is 11.3 Å². The second-order valence-corrected chi connectivity index (χ2v) is 7.49. The van der Waals surface area contributed by atoms with E-state index in [-0.39, 0.29) is 0 Å². The van der Waals surface area contributed by atoms with Crippen molar-refractivity contribution in [3.05, 3.63) is 22.4 Å². The van der Waals surface area contributed by atoms with Crippen LogP contribution in [0.1, 0.15) is 38.7 Å². The predicted molar refractivity (Wildman–Crippen MR) is 103 cm³/mol. The molecule has 1 aliphatic heterocycles. The van der Waals surface area contributed by atoms with Gasteiger partial charge in [-0.1, -0.05) is 6.92 Å². The van der Waals surface area contributed by atoms with Crippen molar-refractivity contribution in [1.82, 2.24) is 15.5 Å². The number of thiophene rings is 1. The average Bonchev–Trinajstić information content (AvgIpc) is 3.07. The molecule has 0 radical (unpaired) electrons. The van der Waals surface area contributed by atoms with Gasteiger partial charge in [0, 0.05) is 39.8 Å². The van der Waals surface area contributed by atoms with Crippen LogP contribution in [0.3, 0.4) is 0 Å². The van der Waals surface area contributed by atoms with Gasteiger partial charge >= 0.3 is 0 Å². The quantitative estimate of drug-likeness (QED) is 0.450. The Bertz CT molecular complexity index is 481. The second kappa shape index (κ2) is 10.0. The molecule has 0 amide bonds. The molecular weight excluding hydrogens is 320 g/mol. The first-order valence-electron chi connectivity index (χ1n) is 8.93. The Balaban J connectivity index is 1.61. The van der Waals surface area contributed by atoms with Crippen LogP contribution in [0.5, 0.6) is 0 Å². The van der Waals surface area contributed by atoms with Crippen LogP contribution in [0.4, 0.5) is 0 Å². The molecule has 24 heavy (non-hydrogen) atoms. The fraction of sp³-hybridized carbons (Fsp3) is 0.722. The first-order chi connectivity index (χ1) is 11.6. The lowest BCUT2D eigenvalue weighted by Crippen LogP contribution is -2.46. The highest BCUT2D eigenvalue weighted by Crippen LogP contribution is 2.17. The number of hydrogen-bond acceptors (Lipinski definition) is 4. The molecular formula is C18H32N4OS. The number of nitrogens with zero attached hydrogens (tertiary/aromatic N) is 2. The Morgan fingerprint density at radius 2 is 2.12 bits per heavy atom. The standard InChI is InChI=1S/C18H32N4OS/c1-14(17-6-9-24-13-17)10-21-18(19-4)20-7-5-8-22-11-15(2)23-16(3)12-22/h6,9,13-16H,5,7-8,10-12H2,1-4H3,(H2,19,20,21). The highest BCUT2D eigenvalue weighted by atomic mass is 32.1. The molecule has 1 saturated heterocycles. The number of rotatable bonds is 7. The van der Waals surface area contributed by atoms with Crippen molar-refractivity contribution in [2.45, 2.75) is 45.3 Å². The predicted octanol–water partition coefficient (Wildman–Crippen LogP) is 2.52. The van der Waals surface area contributed by atoms with Gasteiger partial charge in [-0.3, -0.25) is 9.89 Å². The van der Waals surface area contributed by atoms with E-state index in [1.165, 1.54) is 5.56 Å². The van der Waals surface area contributed by atoms with Gasteiger partial charge in [-0.2, -0.15) is 11.3 Å². The van der Waals surface area contributed by atoms with E-state index in [9.17, 15) is 0 Å². The Kier molecular flexibility index (Phi) is 8.02. The van der Waals surface area contributed by atoms with Gasteiger partial charge in [0.2, 0.25) is 0 Å². The van der Waals surface area contributed by atoms with Crippen molar-refractivity contribution in [1.29, 1.82) is 0 Å². The van der Waals surface area contributed by atoms with Gasteiger partial charge in [0.25, 0.3) is 0 Å². The molecule has 6 heteroatoms. The third kappa shape index (κ3) is 6.42. The first-order valence-corrected chi connectivity index (χ1v) is 9.87. The van der Waals surface area contributed by atoms with E-state index in [1.807, 2.05) is 7.05 Å². The zero-order valence-electron chi connectivity index (χ0n) is 15.4. The normalized spacial score (nSPS) is 23.9. The maximum atomic E-state index is 5.78. The van der Waals surface area contributed by atoms with Crippen LogP contribution in [-0.2, 0) is 4.74 Å². The van der Waals surface area contributed by atoms with Crippen LogP contribution in [0.15, 0.2) is 21.8 Å². The van der Waals surface area contributed by atoms with E-state index >= 15 is 0 Å². The van der Waals surface area contributed by atoms with Crippen molar-refractivity contribution >= 4 is 17.3 Å². The Morgan fingerprint density at radius 1 is 1.38 bits per heavy atom. The van der Waals surface area contributed by atoms with E-state index in [4.69, 9.17) is 4.74 Å². The Labute approximate surface area is 150 Å². The van der Waals surface area contributed by atoms with Crippen LogP contribution in [0.2, 0.25) is 0 Å². The van der Waals surface area contributed by atoms with Crippen molar-refractivity contribution in [2.75, 3.05) is 39.8 Å². The highest BCUT2D eigenvalue weighted by molar-refractivity contribution is 7.07. The molecule has 0 aliphatic carbocycles. The summed E-state index contributed by atoms with van der Waals surface area (Å²) in [5.41, 5.74) is 1.39. The average molecular weight is 353 g/mol. The zero-order valence-corrected chi connectivity index (χ0v) is 16.2. The number of morpholine rings is 1. The fourth-order valence-electron chi connectivity index (χ4n) is 3.12. The van der Waals surface area contributed by atoms with E-state index in [0.29, 0.717) is 18.1 Å². The topological polar surface area (TPSA) is 48.9 Å². The van der Waals surface area contributed by atoms with Crippen molar-refractivity contribution in [3.8, 4) is 0 Å². The largest absolute Gasteiger partial charge is 0.373 e. The van der Waals surface area contributed by atoms with E-state index in [0.717, 1.165) is 45.1 Å². The molecule has 0 saturated carbocycles. The number of guanidine groups is 1. The third-order valence-electron chi connectivity index (χ3n) is 4.35. The van der Waals surface area contributed by atoms with Crippen molar-refractivity contribution < 1.29 is 4.74 Å². The smallest absolute Gasteiger partial charge is 0.190 e. The molecule has 3 atom stereocenters. The molecule has 2 heterocycles. The molecule has 0 spiro atoms. The van der Waals surface area contributed by atoms with Gasteiger partial charge < -0.3 is 15.4 Å². The van der Waals surface area contributed by atoms with Crippen molar-refractivity contribution in [2.24, 2.45) is 4.99 Å². The number of nitrogens with one attached hydrogen (secondary N) is 2. The van der Waals surface area contributed by atoms with Gasteiger partial charge in [0.15, 0.2) is 5.96 Å². The van der Waals surface area contributed by atoms with E-state index < -0.39 is 0 Å². The number of ether oxygens (including phenoxy) is 1. The monoisotopic (exact) mass is 352 g/mol. The summed E-state index contributed by atoms with van der Waals surface area (Å²) < 4.78 is 5.78. The SMILES string of the molecule is CN=C(NCCCN1CC(C)OC(C)C1)NCC(C)c1ccsc1. The molecule has 2 rings (SSSR count). The summed E-state index contributed by atoms with van der Waals surface area (Å²) in [4.78, 5) is 6.81. The van der Waals surface area contributed by atoms with Crippen LogP contribution < -0.4 is 10.6 Å². The lowest BCUT2D eigenvalue weighted by molar-refractivity contribution is -0.0679. The minimum atomic E-state index is 0.342. The molecule has 0 aromatic carbocycles. The van der Waals surface area contributed by atoms with Gasteiger partial charge in [-0.15, -0.1) is 0 Å². The van der Waals surface area contributed by atoms with Gasteiger partial charge in [-0.05, 0) is 48.6 Å². The van der Waals surface area contributed by atoms with Crippen LogP contribution >= 0.6 is 11.3 Å². The second-order valence-electron chi connectivity index (χ2n) is 6.71. The molecule has 3 unspecified atom stereocenters. The zero-order chi connectivity index (χ0) is 17.4. The maximum absolute atomic E-state index is 5.78. The number of aliphatic imine (C=N–C) groups is 1. The Hall–Kier alpha value is -1.11. The molecule has 1 fully saturated rings. The molecule has 1 aromatic rings. The minimum absolute atomic E-state index is 0.342. The summed E-state index contributed by atoms with van der Waals surface area (Å²) in [6.07, 6.45) is 1.80. The summed E-state index contributed by atoms with van der Waals surface area (Å²) in [5.74, 6) is 1.38. The fourth-order valence-corrected chi connectivity index (χ4v) is 3.90. The highest BCUT2D eigenvalue weighted by Gasteiger charge is 2.21.